The van der Waals surface area contributed by atoms with E-state index in [9.17, 15) is 9.59 Å². The molecule has 0 bridgehead atoms. The van der Waals surface area contributed by atoms with E-state index in [0.29, 0.717) is 34.9 Å². The van der Waals surface area contributed by atoms with Crippen LogP contribution in [0.2, 0.25) is 0 Å². The maximum absolute atomic E-state index is 13.3. The number of benzene rings is 2. The number of aryl methyl sites for hydroxylation is 1. The van der Waals surface area contributed by atoms with Crippen LogP contribution in [0.3, 0.4) is 0 Å². The molecule has 0 radical (unpaired) electrons. The molecule has 0 atom stereocenters. The zero-order valence-electron chi connectivity index (χ0n) is 18.8. The number of para-hydroxylation sites is 1. The normalized spacial score (nSPS) is 11.4. The maximum Gasteiger partial charge on any atom is 0.263 e. The molecule has 8 nitrogen and oxygen atoms in total. The summed E-state index contributed by atoms with van der Waals surface area (Å²) >= 11 is 1.30. The summed E-state index contributed by atoms with van der Waals surface area (Å²) in [6.45, 7) is 2.65. The van der Waals surface area contributed by atoms with Crippen molar-refractivity contribution in [2.24, 2.45) is 0 Å². The third-order valence-corrected chi connectivity index (χ3v) is 6.51. The van der Waals surface area contributed by atoms with Gasteiger partial charge in [-0.05, 0) is 36.8 Å². The lowest BCUT2D eigenvalue weighted by atomic mass is 10.2. The molecule has 0 saturated carbocycles. The molecule has 5 rings (SSSR count). The first-order valence-electron chi connectivity index (χ1n) is 10.8. The minimum atomic E-state index is -0.125. The van der Waals surface area contributed by atoms with E-state index < -0.39 is 0 Å². The highest BCUT2D eigenvalue weighted by atomic mass is 32.2. The lowest BCUT2D eigenvalue weighted by Crippen LogP contribution is -2.27. The molecular formula is C25H23N5O3S. The van der Waals surface area contributed by atoms with E-state index in [-0.39, 0.29) is 17.2 Å². The summed E-state index contributed by atoms with van der Waals surface area (Å²) in [6, 6.07) is 20.9. The second-order valence-electron chi connectivity index (χ2n) is 8.06. The average molecular weight is 474 g/mol. The Morgan fingerprint density at radius 1 is 1.03 bits per heavy atom. The van der Waals surface area contributed by atoms with E-state index in [1.165, 1.54) is 11.8 Å². The first kappa shape index (κ1) is 22.0. The van der Waals surface area contributed by atoms with Gasteiger partial charge in [-0.2, -0.15) is 0 Å². The summed E-state index contributed by atoms with van der Waals surface area (Å²) in [5.74, 6) is 2.12. The van der Waals surface area contributed by atoms with E-state index in [1.807, 2.05) is 72.0 Å². The van der Waals surface area contributed by atoms with Crippen molar-refractivity contribution < 1.29 is 9.21 Å². The van der Waals surface area contributed by atoms with Gasteiger partial charge < -0.3 is 9.32 Å². The van der Waals surface area contributed by atoms with Crippen LogP contribution in [0.15, 0.2) is 81.1 Å². The number of rotatable bonds is 7. The number of amides is 1. The molecule has 34 heavy (non-hydrogen) atoms. The summed E-state index contributed by atoms with van der Waals surface area (Å²) < 4.78 is 9.06. The average Bonchev–Trinajstić information content (AvgIpc) is 3.46. The molecule has 0 N–H and O–H groups in total. The molecule has 3 heterocycles. The van der Waals surface area contributed by atoms with Crippen molar-refractivity contribution in [2.45, 2.75) is 25.2 Å². The van der Waals surface area contributed by atoms with Crippen LogP contribution in [0.5, 0.6) is 0 Å². The van der Waals surface area contributed by atoms with Crippen molar-refractivity contribution in [3.63, 3.8) is 0 Å². The highest BCUT2D eigenvalue weighted by molar-refractivity contribution is 7.99. The summed E-state index contributed by atoms with van der Waals surface area (Å²) in [6.07, 6.45) is 0. The Kier molecular flexibility index (Phi) is 5.93. The van der Waals surface area contributed by atoms with Crippen molar-refractivity contribution in [3.05, 3.63) is 94.2 Å². The summed E-state index contributed by atoms with van der Waals surface area (Å²) in [5.41, 5.74) is 1.58. The van der Waals surface area contributed by atoms with Gasteiger partial charge in [-0.25, -0.2) is 0 Å². The van der Waals surface area contributed by atoms with E-state index in [4.69, 9.17) is 4.42 Å². The standard InChI is InChI=1S/C25H23N5O3S/c1-17-12-13-19(33-17)15-28(2)22(31)16-34-25-27-26-24-29(14-18-8-4-3-5-9-18)23(32)20-10-6-7-11-21(20)30(24)25/h3-13H,14-16H2,1-2H3. The molecule has 172 valence electrons. The van der Waals surface area contributed by atoms with Crippen molar-refractivity contribution in [1.82, 2.24) is 24.1 Å². The fraction of sp³-hybridized carbons (Fsp3) is 0.200. The third-order valence-electron chi connectivity index (χ3n) is 5.60. The molecule has 9 heteroatoms. The molecule has 0 aliphatic carbocycles. The van der Waals surface area contributed by atoms with Crippen LogP contribution in [0.4, 0.5) is 0 Å². The quantitative estimate of drug-likeness (QED) is 0.335. The zero-order chi connectivity index (χ0) is 23.7. The molecule has 2 aromatic carbocycles. The SMILES string of the molecule is Cc1ccc(CN(C)C(=O)CSc2nnc3n(Cc4ccccc4)c(=O)c4ccccc4n23)o1. The van der Waals surface area contributed by atoms with Gasteiger partial charge in [0.25, 0.3) is 5.56 Å². The summed E-state index contributed by atoms with van der Waals surface area (Å²) in [5, 5.41) is 9.80. The van der Waals surface area contributed by atoms with Crippen LogP contribution in [0.25, 0.3) is 16.7 Å². The van der Waals surface area contributed by atoms with Crippen LogP contribution in [-0.4, -0.2) is 42.8 Å². The first-order valence-corrected chi connectivity index (χ1v) is 11.8. The van der Waals surface area contributed by atoms with E-state index in [0.717, 1.165) is 17.1 Å². The number of carbonyl (C=O) groups is 1. The van der Waals surface area contributed by atoms with Gasteiger partial charge in [0.15, 0.2) is 5.16 Å². The predicted octanol–water partition coefficient (Wildman–Crippen LogP) is 3.74. The van der Waals surface area contributed by atoms with Crippen LogP contribution < -0.4 is 5.56 Å². The summed E-state index contributed by atoms with van der Waals surface area (Å²) in [7, 11) is 1.75. The largest absolute Gasteiger partial charge is 0.464 e. The molecule has 3 aromatic heterocycles. The van der Waals surface area contributed by atoms with Crippen molar-refractivity contribution >= 4 is 34.3 Å². The van der Waals surface area contributed by atoms with Gasteiger partial charge in [0, 0.05) is 7.05 Å². The number of fused-ring (bicyclic) bond motifs is 3. The summed E-state index contributed by atoms with van der Waals surface area (Å²) in [4.78, 5) is 27.7. The molecule has 1 amide bonds. The lowest BCUT2D eigenvalue weighted by molar-refractivity contribution is -0.127. The Balaban J connectivity index is 1.46. The van der Waals surface area contributed by atoms with Gasteiger partial charge in [-0.3, -0.25) is 18.6 Å². The minimum Gasteiger partial charge on any atom is -0.464 e. The topological polar surface area (TPSA) is 85.6 Å². The Morgan fingerprint density at radius 3 is 2.56 bits per heavy atom. The van der Waals surface area contributed by atoms with Crippen LogP contribution in [-0.2, 0) is 17.9 Å². The van der Waals surface area contributed by atoms with Crippen molar-refractivity contribution in [2.75, 3.05) is 12.8 Å². The number of thioether (sulfide) groups is 1. The first-order chi connectivity index (χ1) is 16.5. The molecular weight excluding hydrogens is 450 g/mol. The fourth-order valence-corrected chi connectivity index (χ4v) is 4.74. The molecule has 0 aliphatic heterocycles. The maximum atomic E-state index is 13.3. The van der Waals surface area contributed by atoms with Crippen molar-refractivity contribution in [3.8, 4) is 0 Å². The van der Waals surface area contributed by atoms with Gasteiger partial charge in [0.2, 0.25) is 11.7 Å². The minimum absolute atomic E-state index is 0.0577. The lowest BCUT2D eigenvalue weighted by Gasteiger charge is -2.15. The van der Waals surface area contributed by atoms with E-state index >= 15 is 0 Å². The Morgan fingerprint density at radius 2 is 1.79 bits per heavy atom. The molecule has 5 aromatic rings. The smallest absolute Gasteiger partial charge is 0.263 e. The highest BCUT2D eigenvalue weighted by Crippen LogP contribution is 2.22. The predicted molar refractivity (Wildman–Crippen MR) is 131 cm³/mol. The molecule has 0 aliphatic rings. The van der Waals surface area contributed by atoms with Gasteiger partial charge in [0.05, 0.1) is 29.7 Å². The number of hydrogen-bond donors (Lipinski definition) is 0. The molecule has 0 spiro atoms. The van der Waals surface area contributed by atoms with Gasteiger partial charge in [0.1, 0.15) is 11.5 Å². The number of hydrogen-bond acceptors (Lipinski definition) is 6. The molecule has 0 unspecified atom stereocenters. The van der Waals surface area contributed by atoms with E-state index in [2.05, 4.69) is 10.2 Å². The third kappa shape index (κ3) is 4.22. The second kappa shape index (κ2) is 9.18. The van der Waals surface area contributed by atoms with Gasteiger partial charge in [-0.15, -0.1) is 10.2 Å². The van der Waals surface area contributed by atoms with Crippen molar-refractivity contribution in [1.29, 1.82) is 0 Å². The van der Waals surface area contributed by atoms with Gasteiger partial charge >= 0.3 is 0 Å². The number of nitrogens with zero attached hydrogens (tertiary/aromatic N) is 5. The molecule has 0 fully saturated rings. The second-order valence-corrected chi connectivity index (χ2v) is 9.01. The Labute approximate surface area is 199 Å². The molecule has 0 saturated heterocycles. The van der Waals surface area contributed by atoms with Gasteiger partial charge in [-0.1, -0.05) is 54.2 Å². The number of carbonyl (C=O) groups excluding carboxylic acids is 1. The van der Waals surface area contributed by atoms with E-state index in [1.54, 1.807) is 22.6 Å². The monoisotopic (exact) mass is 473 g/mol. The van der Waals surface area contributed by atoms with Crippen LogP contribution >= 0.6 is 11.8 Å². The Hall–Kier alpha value is -3.85. The number of aromatic nitrogens is 4. The Bertz CT molecular complexity index is 1540. The number of furan rings is 1. The van der Waals surface area contributed by atoms with Crippen LogP contribution in [0.1, 0.15) is 17.1 Å². The fourth-order valence-electron chi connectivity index (χ4n) is 3.86. The highest BCUT2D eigenvalue weighted by Gasteiger charge is 2.19. The van der Waals surface area contributed by atoms with Crippen LogP contribution in [0, 0.1) is 6.92 Å². The zero-order valence-corrected chi connectivity index (χ0v) is 19.7.